The molecular formula is C15H26ClN3O. The zero-order chi connectivity index (χ0) is 14.5. The molecule has 0 saturated heterocycles. The van der Waals surface area contributed by atoms with E-state index in [4.69, 9.17) is 22.1 Å². The molecule has 0 spiro atoms. The molecule has 114 valence electrons. The smallest absolute Gasteiger partial charge is 0.0834 e. The van der Waals surface area contributed by atoms with E-state index < -0.39 is 0 Å². The van der Waals surface area contributed by atoms with Gasteiger partial charge in [0.05, 0.1) is 36.1 Å². The quantitative estimate of drug-likeness (QED) is 0.876. The molecule has 1 fully saturated rings. The minimum atomic E-state index is -0.0142. The van der Waals surface area contributed by atoms with Crippen LogP contribution in [0.1, 0.15) is 50.8 Å². The largest absolute Gasteiger partial charge is 0.383 e. The Morgan fingerprint density at radius 1 is 1.45 bits per heavy atom. The lowest BCUT2D eigenvalue weighted by molar-refractivity contribution is 0.179. The highest BCUT2D eigenvalue weighted by Gasteiger charge is 2.29. The SMILES string of the molecule is CCC1CCC(C(N)c2c(Cl)cnn2CCOC)CC1. The molecule has 4 nitrogen and oxygen atoms in total. The summed E-state index contributed by atoms with van der Waals surface area (Å²) in [6, 6.07) is -0.0142. The summed E-state index contributed by atoms with van der Waals surface area (Å²) in [6.45, 7) is 3.61. The molecule has 2 N–H and O–H groups in total. The summed E-state index contributed by atoms with van der Waals surface area (Å²) in [5, 5.41) is 5.01. The van der Waals surface area contributed by atoms with Crippen molar-refractivity contribution >= 4 is 11.6 Å². The monoisotopic (exact) mass is 299 g/mol. The maximum atomic E-state index is 6.49. The van der Waals surface area contributed by atoms with Crippen LogP contribution in [0, 0.1) is 11.8 Å². The van der Waals surface area contributed by atoms with Crippen molar-refractivity contribution in [2.24, 2.45) is 17.6 Å². The van der Waals surface area contributed by atoms with Gasteiger partial charge in [0.2, 0.25) is 0 Å². The molecule has 0 radical (unpaired) electrons. The van der Waals surface area contributed by atoms with Crippen LogP contribution in [0.15, 0.2) is 6.20 Å². The van der Waals surface area contributed by atoms with E-state index in [0.29, 0.717) is 24.1 Å². The molecule has 1 heterocycles. The van der Waals surface area contributed by atoms with Gasteiger partial charge in [0, 0.05) is 7.11 Å². The molecule has 2 rings (SSSR count). The third kappa shape index (κ3) is 3.54. The minimum Gasteiger partial charge on any atom is -0.383 e. The van der Waals surface area contributed by atoms with Crippen LogP contribution in [-0.2, 0) is 11.3 Å². The Hall–Kier alpha value is -0.580. The van der Waals surface area contributed by atoms with Crippen molar-refractivity contribution in [3.8, 4) is 0 Å². The van der Waals surface area contributed by atoms with Gasteiger partial charge in [-0.05, 0) is 24.7 Å². The van der Waals surface area contributed by atoms with Crippen LogP contribution < -0.4 is 5.73 Å². The Balaban J connectivity index is 2.05. The highest BCUT2D eigenvalue weighted by atomic mass is 35.5. The van der Waals surface area contributed by atoms with Crippen molar-refractivity contribution in [2.75, 3.05) is 13.7 Å². The van der Waals surface area contributed by atoms with Crippen LogP contribution in [0.2, 0.25) is 5.02 Å². The van der Waals surface area contributed by atoms with Crippen molar-refractivity contribution < 1.29 is 4.74 Å². The Bertz CT molecular complexity index is 413. The van der Waals surface area contributed by atoms with E-state index in [1.165, 1.54) is 32.1 Å². The summed E-state index contributed by atoms with van der Waals surface area (Å²) in [5.41, 5.74) is 7.46. The minimum absolute atomic E-state index is 0.0142. The number of rotatable bonds is 6. The van der Waals surface area contributed by atoms with Crippen molar-refractivity contribution in [1.29, 1.82) is 0 Å². The van der Waals surface area contributed by atoms with Gasteiger partial charge in [-0.3, -0.25) is 4.68 Å². The van der Waals surface area contributed by atoms with E-state index >= 15 is 0 Å². The van der Waals surface area contributed by atoms with Crippen LogP contribution in [0.25, 0.3) is 0 Å². The van der Waals surface area contributed by atoms with Gasteiger partial charge >= 0.3 is 0 Å². The first kappa shape index (κ1) is 15.8. The van der Waals surface area contributed by atoms with Gasteiger partial charge < -0.3 is 10.5 Å². The van der Waals surface area contributed by atoms with Crippen molar-refractivity contribution in [1.82, 2.24) is 9.78 Å². The predicted molar refractivity (Wildman–Crippen MR) is 81.8 cm³/mol. The molecule has 1 aromatic heterocycles. The summed E-state index contributed by atoms with van der Waals surface area (Å²) in [6.07, 6.45) is 7.97. The number of methoxy groups -OCH3 is 1. The zero-order valence-electron chi connectivity index (χ0n) is 12.5. The summed E-state index contributed by atoms with van der Waals surface area (Å²) >= 11 is 6.29. The van der Waals surface area contributed by atoms with Crippen LogP contribution in [0.4, 0.5) is 0 Å². The standard InChI is InChI=1S/C15H26ClN3O/c1-3-11-4-6-12(7-5-11)14(17)15-13(16)10-18-19(15)8-9-20-2/h10-12,14H,3-9,17H2,1-2H3. The first-order valence-electron chi connectivity index (χ1n) is 7.63. The summed E-state index contributed by atoms with van der Waals surface area (Å²) in [5.74, 6) is 1.40. The first-order chi connectivity index (χ1) is 9.67. The second-order valence-electron chi connectivity index (χ2n) is 5.81. The van der Waals surface area contributed by atoms with E-state index in [-0.39, 0.29) is 6.04 Å². The van der Waals surface area contributed by atoms with Gasteiger partial charge in [-0.15, -0.1) is 0 Å². The maximum absolute atomic E-state index is 6.49. The highest BCUT2D eigenvalue weighted by molar-refractivity contribution is 6.31. The average Bonchev–Trinajstić information content (AvgIpc) is 2.85. The zero-order valence-corrected chi connectivity index (χ0v) is 13.3. The summed E-state index contributed by atoms with van der Waals surface area (Å²) in [4.78, 5) is 0. The molecule has 1 atom stereocenters. The second-order valence-corrected chi connectivity index (χ2v) is 6.22. The fraction of sp³-hybridized carbons (Fsp3) is 0.800. The first-order valence-corrected chi connectivity index (χ1v) is 8.00. The van der Waals surface area contributed by atoms with Gasteiger partial charge in [-0.25, -0.2) is 0 Å². The fourth-order valence-electron chi connectivity index (χ4n) is 3.24. The third-order valence-corrected chi connectivity index (χ3v) is 4.92. The molecule has 0 aliphatic heterocycles. The number of ether oxygens (including phenoxy) is 1. The predicted octanol–water partition coefficient (Wildman–Crippen LogP) is 3.40. The van der Waals surface area contributed by atoms with Crippen molar-refractivity contribution in [3.63, 3.8) is 0 Å². The Labute approximate surface area is 126 Å². The third-order valence-electron chi connectivity index (χ3n) is 4.63. The molecule has 1 unspecified atom stereocenters. The van der Waals surface area contributed by atoms with E-state index in [2.05, 4.69) is 12.0 Å². The van der Waals surface area contributed by atoms with Gasteiger partial charge in [-0.1, -0.05) is 37.8 Å². The Kier molecular flexibility index (Phi) is 5.87. The average molecular weight is 300 g/mol. The molecule has 5 heteroatoms. The lowest BCUT2D eigenvalue weighted by atomic mass is 9.77. The van der Waals surface area contributed by atoms with Gasteiger partial charge in [-0.2, -0.15) is 5.10 Å². The molecule has 20 heavy (non-hydrogen) atoms. The fourth-order valence-corrected chi connectivity index (χ4v) is 3.51. The van der Waals surface area contributed by atoms with E-state index in [0.717, 1.165) is 11.6 Å². The number of halogens is 1. The van der Waals surface area contributed by atoms with Gasteiger partial charge in [0.1, 0.15) is 0 Å². The molecule has 1 aliphatic rings. The molecule has 1 saturated carbocycles. The number of nitrogens with zero attached hydrogens (tertiary/aromatic N) is 2. The number of aromatic nitrogens is 2. The lowest BCUT2D eigenvalue weighted by Gasteiger charge is -2.32. The topological polar surface area (TPSA) is 53.1 Å². The molecule has 0 aromatic carbocycles. The second kappa shape index (κ2) is 7.43. The molecule has 1 aliphatic carbocycles. The molecule has 0 bridgehead atoms. The van der Waals surface area contributed by atoms with Crippen molar-refractivity contribution in [2.45, 2.75) is 51.6 Å². The summed E-state index contributed by atoms with van der Waals surface area (Å²) in [7, 11) is 1.69. The van der Waals surface area contributed by atoms with Crippen molar-refractivity contribution in [3.05, 3.63) is 16.9 Å². The summed E-state index contributed by atoms with van der Waals surface area (Å²) < 4.78 is 7.02. The molecular weight excluding hydrogens is 274 g/mol. The van der Waals surface area contributed by atoms with E-state index in [1.807, 2.05) is 4.68 Å². The number of nitrogens with two attached hydrogens (primary N) is 1. The van der Waals surface area contributed by atoms with Gasteiger partial charge in [0.15, 0.2) is 0 Å². The Morgan fingerprint density at radius 3 is 2.75 bits per heavy atom. The Morgan fingerprint density at radius 2 is 2.15 bits per heavy atom. The van der Waals surface area contributed by atoms with Crippen LogP contribution in [0.3, 0.4) is 0 Å². The van der Waals surface area contributed by atoms with Crippen LogP contribution in [-0.4, -0.2) is 23.5 Å². The van der Waals surface area contributed by atoms with Crippen LogP contribution >= 0.6 is 11.6 Å². The van der Waals surface area contributed by atoms with Crippen LogP contribution in [0.5, 0.6) is 0 Å². The molecule has 0 amide bonds. The maximum Gasteiger partial charge on any atom is 0.0834 e. The highest BCUT2D eigenvalue weighted by Crippen LogP contribution is 2.38. The van der Waals surface area contributed by atoms with Gasteiger partial charge in [0.25, 0.3) is 0 Å². The lowest BCUT2D eigenvalue weighted by Crippen LogP contribution is -2.28. The number of hydrogen-bond acceptors (Lipinski definition) is 3. The molecule has 1 aromatic rings. The normalized spacial score (nSPS) is 24.8. The van der Waals surface area contributed by atoms with E-state index in [1.54, 1.807) is 13.3 Å². The van der Waals surface area contributed by atoms with E-state index in [9.17, 15) is 0 Å². The number of hydrogen-bond donors (Lipinski definition) is 1.